The molecule has 1 aromatic rings. The smallest absolute Gasteiger partial charge is 0.328 e. The molecular weight excluding hydrogens is 234 g/mol. The number of carboxylic acids is 1. The van der Waals surface area contributed by atoms with E-state index in [9.17, 15) is 9.59 Å². The van der Waals surface area contributed by atoms with Gasteiger partial charge >= 0.3 is 5.97 Å². The predicted molar refractivity (Wildman–Crippen MR) is 66.9 cm³/mol. The van der Waals surface area contributed by atoms with E-state index >= 15 is 0 Å². The van der Waals surface area contributed by atoms with Gasteiger partial charge in [0, 0.05) is 5.56 Å². The van der Waals surface area contributed by atoms with Crippen molar-refractivity contribution in [1.82, 2.24) is 5.32 Å². The summed E-state index contributed by atoms with van der Waals surface area (Å²) in [6, 6.07) is 5.00. The van der Waals surface area contributed by atoms with Crippen molar-refractivity contribution in [2.24, 2.45) is 0 Å². The Morgan fingerprint density at radius 1 is 1.33 bits per heavy atom. The number of rotatable bonds is 4. The first kappa shape index (κ1) is 14.0. The van der Waals surface area contributed by atoms with Crippen LogP contribution in [0.25, 0.3) is 0 Å². The zero-order chi connectivity index (χ0) is 13.9. The first-order chi connectivity index (χ1) is 8.27. The van der Waals surface area contributed by atoms with Gasteiger partial charge in [0.25, 0.3) is 5.91 Å². The molecule has 0 unspecified atom stereocenters. The summed E-state index contributed by atoms with van der Waals surface area (Å²) in [5.41, 5.74) is -0.137. The molecule has 18 heavy (non-hydrogen) atoms. The Bertz CT molecular complexity index is 480. The number of amides is 1. The highest BCUT2D eigenvalue weighted by Crippen LogP contribution is 2.17. The molecule has 0 spiro atoms. The summed E-state index contributed by atoms with van der Waals surface area (Å²) in [6.45, 7) is 4.64. The van der Waals surface area contributed by atoms with Crippen LogP contribution in [0.1, 0.15) is 29.8 Å². The molecule has 0 saturated heterocycles. The third-order valence-corrected chi connectivity index (χ3v) is 2.64. The summed E-state index contributed by atoms with van der Waals surface area (Å²) in [6.07, 6.45) is 0. The first-order valence-electron chi connectivity index (χ1n) is 5.48. The Kier molecular flexibility index (Phi) is 3.96. The largest absolute Gasteiger partial charge is 0.497 e. The monoisotopic (exact) mass is 251 g/mol. The van der Waals surface area contributed by atoms with E-state index in [4.69, 9.17) is 9.84 Å². The molecule has 0 atom stereocenters. The van der Waals surface area contributed by atoms with Gasteiger partial charge in [-0.2, -0.15) is 0 Å². The molecule has 0 saturated carbocycles. The van der Waals surface area contributed by atoms with E-state index in [1.54, 1.807) is 32.2 Å². The van der Waals surface area contributed by atoms with Crippen molar-refractivity contribution < 1.29 is 19.4 Å². The summed E-state index contributed by atoms with van der Waals surface area (Å²) < 4.78 is 5.04. The van der Waals surface area contributed by atoms with Gasteiger partial charge in [-0.05, 0) is 44.5 Å². The molecule has 0 fully saturated rings. The van der Waals surface area contributed by atoms with E-state index in [2.05, 4.69) is 5.32 Å². The number of hydrogen-bond donors (Lipinski definition) is 2. The number of aliphatic carboxylic acids is 1. The van der Waals surface area contributed by atoms with E-state index in [1.165, 1.54) is 13.8 Å². The van der Waals surface area contributed by atoms with Crippen LogP contribution in [0, 0.1) is 6.92 Å². The van der Waals surface area contributed by atoms with E-state index in [1.807, 2.05) is 0 Å². The standard InChI is InChI=1S/C13H17NO4/c1-8-7-9(18-4)5-6-10(8)11(15)14-13(2,3)12(16)17/h5-7H,1-4H3,(H,14,15)(H,16,17). The number of carbonyl (C=O) groups excluding carboxylic acids is 1. The minimum absolute atomic E-state index is 0.414. The lowest BCUT2D eigenvalue weighted by atomic mass is 10.0. The van der Waals surface area contributed by atoms with Gasteiger partial charge < -0.3 is 15.2 Å². The minimum Gasteiger partial charge on any atom is -0.497 e. The first-order valence-corrected chi connectivity index (χ1v) is 5.48. The highest BCUT2D eigenvalue weighted by molar-refractivity contribution is 5.98. The van der Waals surface area contributed by atoms with Crippen LogP contribution in [0.5, 0.6) is 5.75 Å². The molecule has 0 aliphatic carbocycles. The van der Waals surface area contributed by atoms with Gasteiger partial charge in [0.2, 0.25) is 0 Å². The van der Waals surface area contributed by atoms with Crippen molar-refractivity contribution in [3.8, 4) is 5.75 Å². The molecule has 0 radical (unpaired) electrons. The summed E-state index contributed by atoms with van der Waals surface area (Å²) in [4.78, 5) is 22.9. The molecule has 5 heteroatoms. The lowest BCUT2D eigenvalue weighted by Crippen LogP contribution is -2.49. The Hall–Kier alpha value is -2.04. The lowest BCUT2D eigenvalue weighted by Gasteiger charge is -2.21. The Morgan fingerprint density at radius 2 is 1.94 bits per heavy atom. The zero-order valence-electron chi connectivity index (χ0n) is 10.9. The van der Waals surface area contributed by atoms with E-state index in [0.717, 1.165) is 5.56 Å². The fraction of sp³-hybridized carbons (Fsp3) is 0.385. The fourth-order valence-electron chi connectivity index (χ4n) is 1.42. The molecule has 0 aliphatic rings. The molecule has 1 rings (SSSR count). The Labute approximate surface area is 106 Å². The summed E-state index contributed by atoms with van der Waals surface area (Å²) in [7, 11) is 1.54. The number of hydrogen-bond acceptors (Lipinski definition) is 3. The highest BCUT2D eigenvalue weighted by atomic mass is 16.5. The number of methoxy groups -OCH3 is 1. The van der Waals surface area contributed by atoms with Crippen LogP contribution in [0.2, 0.25) is 0 Å². The molecule has 0 aliphatic heterocycles. The number of carboxylic acid groups (broad SMARTS) is 1. The number of carbonyl (C=O) groups is 2. The maximum Gasteiger partial charge on any atom is 0.328 e. The Morgan fingerprint density at radius 3 is 2.39 bits per heavy atom. The van der Waals surface area contributed by atoms with Crippen molar-refractivity contribution >= 4 is 11.9 Å². The van der Waals surface area contributed by atoms with Crippen LogP contribution in [-0.2, 0) is 4.79 Å². The van der Waals surface area contributed by atoms with Gasteiger partial charge in [-0.25, -0.2) is 4.79 Å². The number of ether oxygens (including phenoxy) is 1. The van der Waals surface area contributed by atoms with E-state index in [-0.39, 0.29) is 0 Å². The van der Waals surface area contributed by atoms with E-state index in [0.29, 0.717) is 11.3 Å². The normalized spacial score (nSPS) is 10.9. The molecule has 0 heterocycles. The SMILES string of the molecule is COc1ccc(C(=O)NC(C)(C)C(=O)O)c(C)c1. The van der Waals surface area contributed by atoms with Gasteiger partial charge in [0.15, 0.2) is 0 Å². The van der Waals surface area contributed by atoms with Crippen LogP contribution >= 0.6 is 0 Å². The number of aryl methyl sites for hydroxylation is 1. The second-order valence-corrected chi connectivity index (χ2v) is 4.57. The fourth-order valence-corrected chi connectivity index (χ4v) is 1.42. The predicted octanol–water partition coefficient (Wildman–Crippen LogP) is 1.60. The summed E-state index contributed by atoms with van der Waals surface area (Å²) in [5.74, 6) is -0.842. The molecular formula is C13H17NO4. The molecule has 5 nitrogen and oxygen atoms in total. The minimum atomic E-state index is -1.30. The summed E-state index contributed by atoms with van der Waals surface area (Å²) >= 11 is 0. The lowest BCUT2D eigenvalue weighted by molar-refractivity contribution is -0.143. The van der Waals surface area contributed by atoms with Gasteiger partial charge in [-0.15, -0.1) is 0 Å². The highest BCUT2D eigenvalue weighted by Gasteiger charge is 2.29. The molecule has 1 aromatic carbocycles. The van der Waals surface area contributed by atoms with Gasteiger partial charge in [0.05, 0.1) is 7.11 Å². The molecule has 2 N–H and O–H groups in total. The topological polar surface area (TPSA) is 75.6 Å². The van der Waals surface area contributed by atoms with Crippen LogP contribution < -0.4 is 10.1 Å². The summed E-state index contributed by atoms with van der Waals surface area (Å²) in [5, 5.41) is 11.4. The maximum absolute atomic E-state index is 12.0. The van der Waals surface area contributed by atoms with Gasteiger partial charge in [-0.3, -0.25) is 4.79 Å². The molecule has 0 bridgehead atoms. The van der Waals surface area contributed by atoms with Crippen LogP contribution in [0.4, 0.5) is 0 Å². The van der Waals surface area contributed by atoms with Gasteiger partial charge in [0.1, 0.15) is 11.3 Å². The van der Waals surface area contributed by atoms with Crippen LogP contribution in [-0.4, -0.2) is 29.6 Å². The average molecular weight is 251 g/mol. The number of benzene rings is 1. The molecule has 0 aromatic heterocycles. The van der Waals surface area contributed by atoms with Crippen molar-refractivity contribution in [3.63, 3.8) is 0 Å². The third-order valence-electron chi connectivity index (χ3n) is 2.64. The van der Waals surface area contributed by atoms with Crippen molar-refractivity contribution in [1.29, 1.82) is 0 Å². The maximum atomic E-state index is 12.0. The molecule has 98 valence electrons. The number of nitrogens with one attached hydrogen (secondary N) is 1. The van der Waals surface area contributed by atoms with Crippen LogP contribution in [0.3, 0.4) is 0 Å². The zero-order valence-corrected chi connectivity index (χ0v) is 10.9. The van der Waals surface area contributed by atoms with Crippen LogP contribution in [0.15, 0.2) is 18.2 Å². The average Bonchev–Trinajstić information content (AvgIpc) is 2.27. The van der Waals surface area contributed by atoms with Gasteiger partial charge in [-0.1, -0.05) is 0 Å². The second-order valence-electron chi connectivity index (χ2n) is 4.57. The quantitative estimate of drug-likeness (QED) is 0.852. The van der Waals surface area contributed by atoms with Crippen molar-refractivity contribution in [2.75, 3.05) is 7.11 Å². The second kappa shape index (κ2) is 5.08. The third kappa shape index (κ3) is 3.00. The van der Waals surface area contributed by atoms with Crippen molar-refractivity contribution in [2.45, 2.75) is 26.3 Å². The van der Waals surface area contributed by atoms with Crippen molar-refractivity contribution in [3.05, 3.63) is 29.3 Å². The molecule has 1 amide bonds. The van der Waals surface area contributed by atoms with E-state index < -0.39 is 17.4 Å². The Balaban J connectivity index is 2.95.